The van der Waals surface area contributed by atoms with E-state index in [1.165, 1.54) is 6.42 Å². The fourth-order valence-corrected chi connectivity index (χ4v) is 1.76. The molecule has 0 saturated carbocycles. The molecule has 0 radical (unpaired) electrons. The van der Waals surface area contributed by atoms with Crippen molar-refractivity contribution in [2.24, 2.45) is 0 Å². The maximum atomic E-state index is 11.4. The Morgan fingerprint density at radius 3 is 2.86 bits per heavy atom. The van der Waals surface area contributed by atoms with Crippen LogP contribution in [0.25, 0.3) is 0 Å². The predicted molar refractivity (Wildman–Crippen MR) is 58.2 cm³/mol. The second kappa shape index (κ2) is 6.02. The third kappa shape index (κ3) is 4.09. The van der Waals surface area contributed by atoms with Crippen LogP contribution in [-0.2, 0) is 4.79 Å². The molecule has 0 aromatic carbocycles. The molecule has 0 aromatic heterocycles. The molecule has 1 aliphatic rings. The molecule has 3 heteroatoms. The molecule has 82 valence electrons. The van der Waals surface area contributed by atoms with Crippen molar-refractivity contribution < 1.29 is 4.79 Å². The molecule has 1 rings (SSSR count). The van der Waals surface area contributed by atoms with E-state index in [4.69, 9.17) is 0 Å². The SMILES string of the molecule is CCCCC(=O)NC1CCC(C)NC1. The van der Waals surface area contributed by atoms with Crippen molar-refractivity contribution in [2.45, 2.75) is 58.0 Å². The first-order valence-corrected chi connectivity index (χ1v) is 5.75. The first-order chi connectivity index (χ1) is 6.72. The van der Waals surface area contributed by atoms with E-state index in [0.29, 0.717) is 18.5 Å². The second-order valence-corrected chi connectivity index (χ2v) is 4.25. The van der Waals surface area contributed by atoms with Crippen LogP contribution in [0, 0.1) is 0 Å². The summed E-state index contributed by atoms with van der Waals surface area (Å²) in [7, 11) is 0. The van der Waals surface area contributed by atoms with Gasteiger partial charge in [0.05, 0.1) is 0 Å². The predicted octanol–water partition coefficient (Wildman–Crippen LogP) is 1.43. The van der Waals surface area contributed by atoms with Crippen molar-refractivity contribution in [1.82, 2.24) is 10.6 Å². The Labute approximate surface area is 86.6 Å². The van der Waals surface area contributed by atoms with E-state index in [0.717, 1.165) is 25.8 Å². The zero-order chi connectivity index (χ0) is 10.4. The van der Waals surface area contributed by atoms with Crippen molar-refractivity contribution >= 4 is 5.91 Å². The lowest BCUT2D eigenvalue weighted by Gasteiger charge is -2.28. The van der Waals surface area contributed by atoms with Crippen LogP contribution in [0.1, 0.15) is 46.0 Å². The molecule has 2 N–H and O–H groups in total. The molecule has 1 fully saturated rings. The molecule has 1 heterocycles. The summed E-state index contributed by atoms with van der Waals surface area (Å²) in [4.78, 5) is 11.4. The van der Waals surface area contributed by atoms with Gasteiger partial charge in [-0.15, -0.1) is 0 Å². The quantitative estimate of drug-likeness (QED) is 0.717. The van der Waals surface area contributed by atoms with Gasteiger partial charge in [-0.2, -0.15) is 0 Å². The normalized spacial score (nSPS) is 27.3. The van der Waals surface area contributed by atoms with E-state index < -0.39 is 0 Å². The van der Waals surface area contributed by atoms with Crippen molar-refractivity contribution in [1.29, 1.82) is 0 Å². The number of hydrogen-bond donors (Lipinski definition) is 2. The summed E-state index contributed by atoms with van der Waals surface area (Å²) in [5.41, 5.74) is 0. The zero-order valence-corrected chi connectivity index (χ0v) is 9.31. The largest absolute Gasteiger partial charge is 0.352 e. The van der Waals surface area contributed by atoms with Crippen LogP contribution in [-0.4, -0.2) is 24.5 Å². The first kappa shape index (κ1) is 11.5. The standard InChI is InChI=1S/C11H22N2O/c1-3-4-5-11(14)13-10-7-6-9(2)12-8-10/h9-10,12H,3-8H2,1-2H3,(H,13,14). The average Bonchev–Trinajstić information content (AvgIpc) is 2.18. The molecule has 0 bridgehead atoms. The van der Waals surface area contributed by atoms with E-state index in [1.54, 1.807) is 0 Å². The van der Waals surface area contributed by atoms with Gasteiger partial charge in [0.2, 0.25) is 5.91 Å². The van der Waals surface area contributed by atoms with E-state index in [1.807, 2.05) is 0 Å². The molecule has 1 amide bonds. The smallest absolute Gasteiger partial charge is 0.220 e. The maximum Gasteiger partial charge on any atom is 0.220 e. The fourth-order valence-electron chi connectivity index (χ4n) is 1.76. The van der Waals surface area contributed by atoms with Crippen molar-refractivity contribution in [3.63, 3.8) is 0 Å². The Kier molecular flexibility index (Phi) is 4.94. The number of carbonyl (C=O) groups is 1. The van der Waals surface area contributed by atoms with E-state index in [-0.39, 0.29) is 5.91 Å². The molecule has 0 aromatic rings. The minimum Gasteiger partial charge on any atom is -0.352 e. The van der Waals surface area contributed by atoms with Crippen molar-refractivity contribution in [3.05, 3.63) is 0 Å². The van der Waals surface area contributed by atoms with Crippen LogP contribution in [0.4, 0.5) is 0 Å². The summed E-state index contributed by atoms with van der Waals surface area (Å²) >= 11 is 0. The topological polar surface area (TPSA) is 41.1 Å². The first-order valence-electron chi connectivity index (χ1n) is 5.75. The number of unbranched alkanes of at least 4 members (excludes halogenated alkanes) is 1. The maximum absolute atomic E-state index is 11.4. The van der Waals surface area contributed by atoms with E-state index >= 15 is 0 Å². The molecule has 1 saturated heterocycles. The van der Waals surface area contributed by atoms with Gasteiger partial charge in [0.15, 0.2) is 0 Å². The molecule has 2 unspecified atom stereocenters. The van der Waals surface area contributed by atoms with Gasteiger partial charge in [-0.05, 0) is 26.2 Å². The third-order valence-corrected chi connectivity index (χ3v) is 2.78. The van der Waals surface area contributed by atoms with Crippen LogP contribution >= 0.6 is 0 Å². The van der Waals surface area contributed by atoms with Gasteiger partial charge < -0.3 is 10.6 Å². The lowest BCUT2D eigenvalue weighted by molar-refractivity contribution is -0.122. The minimum absolute atomic E-state index is 0.216. The van der Waals surface area contributed by atoms with Crippen LogP contribution < -0.4 is 10.6 Å². The Hall–Kier alpha value is -0.570. The van der Waals surface area contributed by atoms with Crippen LogP contribution in [0.3, 0.4) is 0 Å². The van der Waals surface area contributed by atoms with Crippen molar-refractivity contribution in [3.8, 4) is 0 Å². The summed E-state index contributed by atoms with van der Waals surface area (Å²) in [5, 5.41) is 6.45. The minimum atomic E-state index is 0.216. The van der Waals surface area contributed by atoms with Crippen LogP contribution in [0.15, 0.2) is 0 Å². The van der Waals surface area contributed by atoms with Gasteiger partial charge in [0.25, 0.3) is 0 Å². The molecule has 0 aliphatic carbocycles. The fraction of sp³-hybridized carbons (Fsp3) is 0.909. The zero-order valence-electron chi connectivity index (χ0n) is 9.31. The van der Waals surface area contributed by atoms with Gasteiger partial charge in [0, 0.05) is 25.0 Å². The lowest BCUT2D eigenvalue weighted by Crippen LogP contribution is -2.48. The highest BCUT2D eigenvalue weighted by atomic mass is 16.1. The lowest BCUT2D eigenvalue weighted by atomic mass is 10.0. The summed E-state index contributed by atoms with van der Waals surface area (Å²) < 4.78 is 0. The molecule has 14 heavy (non-hydrogen) atoms. The summed E-state index contributed by atoms with van der Waals surface area (Å²) in [5.74, 6) is 0.216. The molecule has 2 atom stereocenters. The van der Waals surface area contributed by atoms with Gasteiger partial charge in [-0.3, -0.25) is 4.79 Å². The number of amides is 1. The molecule has 1 aliphatic heterocycles. The number of hydrogen-bond acceptors (Lipinski definition) is 2. The van der Waals surface area contributed by atoms with Crippen LogP contribution in [0.5, 0.6) is 0 Å². The number of nitrogens with one attached hydrogen (secondary N) is 2. The van der Waals surface area contributed by atoms with Gasteiger partial charge in [-0.1, -0.05) is 13.3 Å². The average molecular weight is 198 g/mol. The van der Waals surface area contributed by atoms with Crippen LogP contribution in [0.2, 0.25) is 0 Å². The summed E-state index contributed by atoms with van der Waals surface area (Å²) in [6.45, 7) is 5.23. The van der Waals surface area contributed by atoms with Gasteiger partial charge >= 0.3 is 0 Å². The van der Waals surface area contributed by atoms with Gasteiger partial charge in [0.1, 0.15) is 0 Å². The molecular formula is C11H22N2O. The van der Waals surface area contributed by atoms with Gasteiger partial charge in [-0.25, -0.2) is 0 Å². The monoisotopic (exact) mass is 198 g/mol. The summed E-state index contributed by atoms with van der Waals surface area (Å²) in [6.07, 6.45) is 5.06. The Morgan fingerprint density at radius 2 is 2.29 bits per heavy atom. The van der Waals surface area contributed by atoms with Crippen molar-refractivity contribution in [2.75, 3.05) is 6.54 Å². The summed E-state index contributed by atoms with van der Waals surface area (Å²) in [6, 6.07) is 0.967. The Bertz CT molecular complexity index is 174. The highest BCUT2D eigenvalue weighted by Crippen LogP contribution is 2.07. The van der Waals surface area contributed by atoms with E-state index in [9.17, 15) is 4.79 Å². The highest BCUT2D eigenvalue weighted by molar-refractivity contribution is 5.76. The third-order valence-electron chi connectivity index (χ3n) is 2.78. The Balaban J connectivity index is 2.14. The highest BCUT2D eigenvalue weighted by Gasteiger charge is 2.18. The molecule has 3 nitrogen and oxygen atoms in total. The number of carbonyl (C=O) groups excluding carboxylic acids is 1. The Morgan fingerprint density at radius 1 is 1.50 bits per heavy atom. The number of piperidine rings is 1. The molecular weight excluding hydrogens is 176 g/mol. The molecule has 0 spiro atoms. The van der Waals surface area contributed by atoms with E-state index in [2.05, 4.69) is 24.5 Å². The number of rotatable bonds is 4. The second-order valence-electron chi connectivity index (χ2n) is 4.25.